The summed E-state index contributed by atoms with van der Waals surface area (Å²) >= 11 is 0. The molecule has 0 unspecified atom stereocenters. The number of hydrogen-bond donors (Lipinski definition) is 7. The molecular weight excluding hydrogens is 1920 g/mol. The van der Waals surface area contributed by atoms with Gasteiger partial charge in [0, 0.05) is 77.8 Å². The van der Waals surface area contributed by atoms with Gasteiger partial charge in [0.2, 0.25) is 0 Å². The lowest BCUT2D eigenvalue weighted by molar-refractivity contribution is 0.0328. The fourth-order valence-electron chi connectivity index (χ4n) is 16.0. The topological polar surface area (TPSA) is 317 Å². The summed E-state index contributed by atoms with van der Waals surface area (Å²) in [5.41, 5.74) is 0. The van der Waals surface area contributed by atoms with Gasteiger partial charge in [0.1, 0.15) is 0 Å². The summed E-state index contributed by atoms with van der Waals surface area (Å²) in [6.07, 6.45) is 0. The fraction of sp³-hybridized carbons (Fsp3) is 0. The van der Waals surface area contributed by atoms with Crippen LogP contribution in [-0.2, 0) is 78.2 Å². The smallest absolute Gasteiger partial charge is 0.387 e. The number of hydrogen-bond acceptors (Lipinski definition) is 26. The maximum atomic E-state index is 13.9. The van der Waals surface area contributed by atoms with Gasteiger partial charge in [-0.2, -0.15) is 0 Å². The van der Waals surface area contributed by atoms with Gasteiger partial charge >= 0.3 is 132 Å². The summed E-state index contributed by atoms with van der Waals surface area (Å²) < 4.78 is 141. The zero-order valence-corrected chi connectivity index (χ0v) is 84.2. The second kappa shape index (κ2) is 35.7. The van der Waals surface area contributed by atoms with Crippen LogP contribution in [0.15, 0.2) is 455 Å². The Kier molecular flexibility index (Phi) is 24.4. The molecule has 0 atom stereocenters. The van der Waals surface area contributed by atoms with E-state index in [0.29, 0.717) is 20.7 Å². The monoisotopic (exact) mass is 2000 g/mol. The Balaban J connectivity index is 0.000000165. The average Bonchev–Trinajstić information content (AvgIpc) is 0.686. The van der Waals surface area contributed by atoms with Crippen LogP contribution in [-0.4, -0.2) is 166 Å². The molecule has 0 radical (unpaired) electrons. The molecule has 41 heteroatoms. The van der Waals surface area contributed by atoms with Crippen LogP contribution in [0.4, 0.5) is 0 Å². The highest BCUT2D eigenvalue weighted by Gasteiger charge is 2.82. The molecule has 0 saturated carbocycles. The highest BCUT2D eigenvalue weighted by Crippen LogP contribution is 2.45. The Bertz CT molecular complexity index is 5700. The molecule has 0 aliphatic carbocycles. The lowest BCUT2D eigenvalue weighted by Gasteiger charge is -2.56. The minimum absolute atomic E-state index is 0.184. The van der Waals surface area contributed by atoms with Crippen molar-refractivity contribution in [2.75, 3.05) is 0 Å². The van der Waals surface area contributed by atoms with E-state index in [2.05, 4.69) is 0 Å². The van der Waals surface area contributed by atoms with Gasteiger partial charge in [0.05, 0.1) is 0 Å². The molecule has 7 N–H and O–H groups in total. The Morgan fingerprint density at radius 3 is 0.244 bits per heavy atom. The zero-order valence-electron chi connectivity index (χ0n) is 69.2. The highest BCUT2D eigenvalue weighted by atomic mass is 28.6. The van der Waals surface area contributed by atoms with Gasteiger partial charge in [0.25, 0.3) is 0 Å². The molecule has 7 saturated heterocycles. The van der Waals surface area contributed by atoms with Crippen molar-refractivity contribution in [2.45, 2.75) is 0 Å². The van der Waals surface area contributed by atoms with E-state index < -0.39 is 132 Å². The molecule has 0 spiro atoms. The predicted octanol–water partition coefficient (Wildman–Crippen LogP) is 2.01. The summed E-state index contributed by atoms with van der Waals surface area (Å²) in [7, 11) is -76.9. The van der Waals surface area contributed by atoms with E-state index in [-0.39, 0.29) is 57.1 Å². The molecule has 26 nitrogen and oxygen atoms in total. The van der Waals surface area contributed by atoms with Gasteiger partial charge in [-0.05, 0) is 0 Å². The first-order valence-electron chi connectivity index (χ1n) is 41.7. The van der Waals surface area contributed by atoms with E-state index >= 15 is 0 Å². The van der Waals surface area contributed by atoms with Crippen molar-refractivity contribution in [1.82, 2.24) is 0 Å². The summed E-state index contributed by atoms with van der Waals surface area (Å²) in [4.78, 5) is 96.4. The van der Waals surface area contributed by atoms with Gasteiger partial charge in [-0.15, -0.1) is 0 Å². The van der Waals surface area contributed by atoms with Crippen LogP contribution in [0.1, 0.15) is 0 Å². The molecule has 0 aromatic heterocycles. The molecule has 131 heavy (non-hydrogen) atoms. The van der Waals surface area contributed by atoms with Crippen LogP contribution in [0.25, 0.3) is 0 Å². The first kappa shape index (κ1) is 89.4. The Morgan fingerprint density at radius 2 is 0.160 bits per heavy atom. The molecule has 7 aliphatic rings. The molecular formula is C90H82O26Si15. The largest absolute Gasteiger partial charge is 0.520 e. The third-order valence-electron chi connectivity index (χ3n) is 22.2. The molecule has 7 fully saturated rings. The molecule has 658 valence electrons. The van der Waals surface area contributed by atoms with Crippen LogP contribution in [0.5, 0.6) is 0 Å². The first-order chi connectivity index (χ1) is 63.5. The first-order valence-corrected chi connectivity index (χ1v) is 67.9. The second-order valence-corrected chi connectivity index (χ2v) is 72.2. The molecule has 7 heterocycles. The Morgan fingerprint density at radius 1 is 0.0916 bits per heavy atom. The summed E-state index contributed by atoms with van der Waals surface area (Å²) in [5.74, 6) is 0. The minimum Gasteiger partial charge on any atom is -0.387 e. The maximum absolute atomic E-state index is 13.9. The van der Waals surface area contributed by atoms with Gasteiger partial charge in [0.15, 0.2) is 0 Å². The van der Waals surface area contributed by atoms with E-state index in [1.54, 1.807) is 419 Å². The lowest BCUT2D eigenvalue weighted by Crippen LogP contribution is -2.91. The van der Waals surface area contributed by atoms with Crippen molar-refractivity contribution in [1.29, 1.82) is 0 Å². The van der Waals surface area contributed by atoms with Crippen LogP contribution in [0.2, 0.25) is 0 Å². The fourth-order valence-corrected chi connectivity index (χ4v) is 87.3. The van der Waals surface area contributed by atoms with Gasteiger partial charge in [-0.3, -0.25) is 0 Å². The van der Waals surface area contributed by atoms with Crippen LogP contribution in [0.3, 0.4) is 0 Å². The number of rotatable bonds is 15. The SMILES string of the molecule is O[Si]1(c2ccccc2)O[Si]2(c3ccccc3)O[Si](O)(c3ccccc3)O[Si](c3ccccc3)(O1)O[Si]1(c3ccccc3)O[Si](O)(c3ccccc3)O[Si](c3ccccc3)(O[Si](O)(c3ccccc3)O1)O2.O[Si]1(c2ccccc2)O[Si]2(c3ccccc3)O[Si](O)(c3ccccc3)O[Si]3(c4ccccc4)O[Si](O)(c4ccccc4)O[Si](c4ccccc4)(O1)O[Si](c1ccccc1)(O2)O3. The van der Waals surface area contributed by atoms with Crippen LogP contribution >= 0.6 is 0 Å². The van der Waals surface area contributed by atoms with Crippen molar-refractivity contribution in [3.63, 3.8) is 0 Å². The third-order valence-corrected chi connectivity index (χ3v) is 79.2. The van der Waals surface area contributed by atoms with E-state index in [1.165, 1.54) is 0 Å². The van der Waals surface area contributed by atoms with Crippen molar-refractivity contribution in [3.8, 4) is 0 Å². The molecule has 22 rings (SSSR count). The maximum Gasteiger partial charge on any atom is 0.520 e. The van der Waals surface area contributed by atoms with E-state index in [0.717, 1.165) is 0 Å². The van der Waals surface area contributed by atoms with Gasteiger partial charge < -0.3 is 112 Å². The van der Waals surface area contributed by atoms with Crippen molar-refractivity contribution >= 4 is 210 Å². The average molecular weight is 2000 g/mol. The summed E-state index contributed by atoms with van der Waals surface area (Å²) in [6.45, 7) is 0. The Hall–Kier alpha value is -9.49. The van der Waals surface area contributed by atoms with Gasteiger partial charge in [-0.25, -0.2) is 0 Å². The van der Waals surface area contributed by atoms with Crippen molar-refractivity contribution < 1.29 is 112 Å². The predicted molar refractivity (Wildman–Crippen MR) is 514 cm³/mol. The highest BCUT2D eigenvalue weighted by molar-refractivity contribution is 7.11. The normalized spacial score (nSPS) is 32.3. The lowest BCUT2D eigenvalue weighted by atomic mass is 10.4. The zero-order chi connectivity index (χ0) is 89.6. The molecule has 15 aromatic rings. The van der Waals surface area contributed by atoms with Gasteiger partial charge in [-0.1, -0.05) is 455 Å². The molecule has 15 aromatic carbocycles. The van der Waals surface area contributed by atoms with E-state index in [9.17, 15) is 33.6 Å². The van der Waals surface area contributed by atoms with Crippen LogP contribution < -0.4 is 77.8 Å². The third kappa shape index (κ3) is 17.1. The van der Waals surface area contributed by atoms with E-state index in [4.69, 9.17) is 78.2 Å². The number of benzene rings is 15. The van der Waals surface area contributed by atoms with Crippen LogP contribution in [0, 0.1) is 0 Å². The quantitative estimate of drug-likeness (QED) is 0.0722. The molecule has 8 bridgehead atoms. The Labute approximate surface area is 770 Å². The minimum atomic E-state index is -5.34. The molecule has 7 aliphatic heterocycles. The standard InChI is InChI=1S/C48H44O14Si8.C42H38O12Si7/c49-63(41-25-9-1-10-26-41)53-67(45-33-17-5-18-34-45)55-64(50,42-27-11-2-12-28-42)56-68(54-63,46-35-19-6-20-36-46)62-70(48-39-23-8-24-40-48)58-65(51,43-29-13-3-14-30-43)57-69(61-67,47-37-21-7-22-38-47)59-66(52,60-70)44-31-15-4-16-32-44;43-55(36-22-8-1-9-23-36)46-58(39-28-14-4-15-29-39)48-56(44,37-24-10-2-11-25-37)50-60(41-32-18-6-19-33-41)51-57(45,38-26-12-3-13-27-38)49-59(47-55,40-30-16-5-17-31-40)53-61(52-58,54-60)42-34-20-7-21-35-42/h1-40,49-52H;1-35,43-45H. The second-order valence-electron chi connectivity index (χ2n) is 31.0. The van der Waals surface area contributed by atoms with E-state index in [1.807, 2.05) is 36.4 Å². The summed E-state index contributed by atoms with van der Waals surface area (Å²) in [6, 6.07) is 130. The van der Waals surface area contributed by atoms with Crippen molar-refractivity contribution in [2.24, 2.45) is 0 Å². The molecule has 0 amide bonds. The van der Waals surface area contributed by atoms with Crippen molar-refractivity contribution in [3.05, 3.63) is 455 Å². The summed E-state index contributed by atoms with van der Waals surface area (Å²) in [5, 5.41) is 3.70. The number of fused-ring (bicyclic) bond motifs is 7.